The number of carbonyl (C=O) groups is 1. The monoisotopic (exact) mass is 450 g/mol. The molecule has 1 aromatic rings. The number of sulfonamides is 1. The van der Waals surface area contributed by atoms with Gasteiger partial charge in [-0.15, -0.1) is 0 Å². The molecule has 2 heterocycles. The predicted molar refractivity (Wildman–Crippen MR) is 121 cm³/mol. The van der Waals surface area contributed by atoms with E-state index < -0.39 is 16.1 Å². The predicted octanol–water partition coefficient (Wildman–Crippen LogP) is 1.61. The van der Waals surface area contributed by atoms with Gasteiger partial charge in [0.15, 0.2) is 0 Å². The molecule has 8 nitrogen and oxygen atoms in total. The molecule has 1 aromatic carbocycles. The molecule has 0 radical (unpaired) electrons. The number of ether oxygens (including phenoxy) is 1. The van der Waals surface area contributed by atoms with Crippen molar-refractivity contribution in [1.29, 1.82) is 0 Å². The van der Waals surface area contributed by atoms with E-state index in [1.165, 1.54) is 0 Å². The normalized spacial score (nSPS) is 21.7. The molecule has 2 N–H and O–H groups in total. The van der Waals surface area contributed by atoms with E-state index in [0.717, 1.165) is 19.5 Å². The molecule has 0 bridgehead atoms. The quantitative estimate of drug-likeness (QED) is 0.627. The van der Waals surface area contributed by atoms with Gasteiger partial charge in [0.25, 0.3) is 10.0 Å². The number of fused-ring (bicyclic) bond motifs is 1. The number of rotatable bonds is 8. The number of hydrogen-bond donors (Lipinski definition) is 2. The fourth-order valence-corrected chi connectivity index (χ4v) is 5.29. The van der Waals surface area contributed by atoms with Crippen molar-refractivity contribution in [1.82, 2.24) is 14.9 Å². The van der Waals surface area contributed by atoms with Crippen LogP contribution >= 0.6 is 0 Å². The number of nitrogens with zero attached hydrogens (tertiary/aromatic N) is 2. The summed E-state index contributed by atoms with van der Waals surface area (Å²) < 4.78 is 32.7. The van der Waals surface area contributed by atoms with Crippen molar-refractivity contribution >= 4 is 21.8 Å². The number of benzene rings is 1. The second-order valence-electron chi connectivity index (χ2n) is 8.95. The van der Waals surface area contributed by atoms with Gasteiger partial charge in [0.2, 0.25) is 5.91 Å². The number of amidine groups is 1. The van der Waals surface area contributed by atoms with Crippen molar-refractivity contribution in [2.75, 3.05) is 32.8 Å². The van der Waals surface area contributed by atoms with E-state index >= 15 is 0 Å². The molecule has 0 aromatic heterocycles. The van der Waals surface area contributed by atoms with Crippen molar-refractivity contribution < 1.29 is 17.9 Å². The van der Waals surface area contributed by atoms with Gasteiger partial charge in [-0.05, 0) is 30.4 Å². The van der Waals surface area contributed by atoms with Gasteiger partial charge in [0.1, 0.15) is 11.9 Å². The zero-order chi connectivity index (χ0) is 22.6. The smallest absolute Gasteiger partial charge is 0.263 e. The summed E-state index contributed by atoms with van der Waals surface area (Å²) in [6.45, 7) is 11.9. The van der Waals surface area contributed by atoms with Crippen LogP contribution in [0.25, 0.3) is 0 Å². The van der Waals surface area contributed by atoms with Crippen LogP contribution in [0.5, 0.6) is 0 Å². The van der Waals surface area contributed by atoms with E-state index in [1.54, 1.807) is 24.3 Å². The second-order valence-corrected chi connectivity index (χ2v) is 10.6. The molecule has 1 saturated heterocycles. The van der Waals surface area contributed by atoms with E-state index in [0.29, 0.717) is 31.2 Å². The van der Waals surface area contributed by atoms with Crippen molar-refractivity contribution in [2.45, 2.75) is 51.1 Å². The maximum Gasteiger partial charge on any atom is 0.263 e. The van der Waals surface area contributed by atoms with E-state index in [1.807, 2.05) is 13.8 Å². The van der Waals surface area contributed by atoms with Crippen LogP contribution in [-0.4, -0.2) is 70.0 Å². The summed E-state index contributed by atoms with van der Waals surface area (Å²) in [5, 5.41) is 3.08. The molecule has 2 aliphatic heterocycles. The molecule has 2 aliphatic rings. The maximum atomic E-state index is 13.1. The Labute approximate surface area is 185 Å². The van der Waals surface area contributed by atoms with E-state index in [2.05, 4.69) is 33.8 Å². The van der Waals surface area contributed by atoms with Crippen LogP contribution in [0, 0.1) is 11.8 Å². The molecule has 9 heteroatoms. The number of nitrogens with one attached hydrogen (secondary N) is 2. The van der Waals surface area contributed by atoms with Crippen molar-refractivity contribution in [2.24, 2.45) is 16.8 Å². The summed E-state index contributed by atoms with van der Waals surface area (Å²) in [4.78, 5) is 20.2. The van der Waals surface area contributed by atoms with Crippen LogP contribution in [0.2, 0.25) is 0 Å². The number of carbonyl (C=O) groups excluding carboxylic acids is 1. The van der Waals surface area contributed by atoms with Gasteiger partial charge in [0, 0.05) is 31.2 Å². The van der Waals surface area contributed by atoms with Gasteiger partial charge in [-0.3, -0.25) is 19.4 Å². The van der Waals surface area contributed by atoms with Crippen LogP contribution in [0.1, 0.15) is 39.7 Å². The molecule has 31 heavy (non-hydrogen) atoms. The Morgan fingerprint density at radius 2 is 1.87 bits per heavy atom. The number of hydrogen-bond acceptors (Lipinski definition) is 6. The molecule has 2 atom stereocenters. The van der Waals surface area contributed by atoms with E-state index in [4.69, 9.17) is 4.74 Å². The lowest BCUT2D eigenvalue weighted by atomic mass is 10.0. The first-order valence-corrected chi connectivity index (χ1v) is 12.5. The molecule has 0 spiro atoms. The fraction of sp³-hybridized carbons (Fsp3) is 0.636. The molecule has 0 unspecified atom stereocenters. The second kappa shape index (κ2) is 10.1. The largest absolute Gasteiger partial charge is 0.379 e. The summed E-state index contributed by atoms with van der Waals surface area (Å²) in [5.74, 6) is 0.469. The highest BCUT2D eigenvalue weighted by Gasteiger charge is 2.33. The summed E-state index contributed by atoms with van der Waals surface area (Å²) in [5.41, 5.74) is 0.506. The van der Waals surface area contributed by atoms with Crippen LogP contribution in [0.3, 0.4) is 0 Å². The topological polar surface area (TPSA) is 100 Å². The lowest BCUT2D eigenvalue weighted by Gasteiger charge is -2.35. The summed E-state index contributed by atoms with van der Waals surface area (Å²) in [7, 11) is -3.64. The Balaban J connectivity index is 1.74. The molecular formula is C22H34N4O4S. The van der Waals surface area contributed by atoms with Gasteiger partial charge >= 0.3 is 0 Å². The number of morpholine rings is 1. The first-order chi connectivity index (χ1) is 14.7. The summed E-state index contributed by atoms with van der Waals surface area (Å²) >= 11 is 0. The summed E-state index contributed by atoms with van der Waals surface area (Å²) in [6.07, 6.45) is 0.980. The number of amides is 1. The van der Waals surface area contributed by atoms with E-state index in [9.17, 15) is 13.2 Å². The molecule has 0 aliphatic carbocycles. The highest BCUT2D eigenvalue weighted by Crippen LogP contribution is 2.23. The first kappa shape index (κ1) is 23.7. The van der Waals surface area contributed by atoms with Gasteiger partial charge in [-0.25, -0.2) is 8.42 Å². The molecule has 1 fully saturated rings. The van der Waals surface area contributed by atoms with Gasteiger partial charge in [-0.2, -0.15) is 0 Å². The zero-order valence-electron chi connectivity index (χ0n) is 18.8. The maximum absolute atomic E-state index is 13.1. The molecular weight excluding hydrogens is 416 g/mol. The van der Waals surface area contributed by atoms with Crippen LogP contribution in [0.4, 0.5) is 0 Å². The van der Waals surface area contributed by atoms with Crippen LogP contribution in [0.15, 0.2) is 34.2 Å². The van der Waals surface area contributed by atoms with Gasteiger partial charge in [0.05, 0.1) is 18.1 Å². The highest BCUT2D eigenvalue weighted by molar-refractivity contribution is 7.90. The fourth-order valence-electron chi connectivity index (χ4n) is 4.05. The van der Waals surface area contributed by atoms with Crippen LogP contribution in [-0.2, 0) is 19.6 Å². The van der Waals surface area contributed by atoms with E-state index in [-0.39, 0.29) is 28.6 Å². The molecule has 3 rings (SSSR count). The third-order valence-corrected chi connectivity index (χ3v) is 7.05. The Hall–Kier alpha value is -1.97. The zero-order valence-corrected chi connectivity index (χ0v) is 19.6. The minimum atomic E-state index is -3.64. The van der Waals surface area contributed by atoms with Crippen molar-refractivity contribution in [3.8, 4) is 0 Å². The number of aliphatic imine (C=N–C) groups is 1. The Morgan fingerprint density at radius 1 is 1.19 bits per heavy atom. The first-order valence-electron chi connectivity index (χ1n) is 11.0. The summed E-state index contributed by atoms with van der Waals surface area (Å²) in [6, 6.07) is 6.24. The highest BCUT2D eigenvalue weighted by atomic mass is 32.2. The average molecular weight is 451 g/mol. The molecule has 1 amide bonds. The Bertz CT molecular complexity index is 908. The third kappa shape index (κ3) is 5.84. The molecule has 0 saturated carbocycles. The minimum Gasteiger partial charge on any atom is -0.379 e. The van der Waals surface area contributed by atoms with Gasteiger partial charge < -0.3 is 10.1 Å². The Morgan fingerprint density at radius 3 is 2.52 bits per heavy atom. The van der Waals surface area contributed by atoms with Crippen molar-refractivity contribution in [3.63, 3.8) is 0 Å². The minimum absolute atomic E-state index is 0.0864. The molecule has 172 valence electrons. The third-order valence-electron chi connectivity index (χ3n) is 5.65. The average Bonchev–Trinajstić information content (AvgIpc) is 2.99. The lowest BCUT2D eigenvalue weighted by molar-refractivity contribution is -0.123. The van der Waals surface area contributed by atoms with Crippen molar-refractivity contribution in [3.05, 3.63) is 29.8 Å². The standard InChI is InChI=1S/C22H34N4O4S/c1-15(2)13-17(26-9-11-30-12-10-26)14-23-22(27)20(16(3)4)24-21-18-7-5-6-8-19(18)31(28,29)25-21/h5-8,15-17,20H,9-14H2,1-4H3,(H,23,27)(H,24,25)/t17-,20+/m1/s1. The SMILES string of the molecule is CC(C)C[C@H](CNC(=O)[C@@H](N=C1NS(=O)(=O)c2ccccc21)C(C)C)N1CCOCC1. The van der Waals surface area contributed by atoms with Gasteiger partial charge in [-0.1, -0.05) is 39.8 Å². The lowest BCUT2D eigenvalue weighted by Crippen LogP contribution is -2.50. The Kier molecular flexibility index (Phi) is 7.72. The van der Waals surface area contributed by atoms with Crippen LogP contribution < -0.4 is 10.0 Å².